The van der Waals surface area contributed by atoms with E-state index < -0.39 is 11.6 Å². The zero-order chi connectivity index (χ0) is 15.0. The summed E-state index contributed by atoms with van der Waals surface area (Å²) in [6, 6.07) is 8.86. The summed E-state index contributed by atoms with van der Waals surface area (Å²) >= 11 is 2.95. The summed E-state index contributed by atoms with van der Waals surface area (Å²) in [5.41, 5.74) is 1.12. The molecule has 1 fully saturated rings. The van der Waals surface area contributed by atoms with Crippen LogP contribution in [0.1, 0.15) is 24.3 Å². The third kappa shape index (κ3) is 3.07. The molecular weight excluding hydrogens is 343 g/mol. The van der Waals surface area contributed by atoms with Gasteiger partial charge in [0.2, 0.25) is 0 Å². The van der Waals surface area contributed by atoms with E-state index in [-0.39, 0.29) is 27.9 Å². The molecule has 110 valence electrons. The molecule has 0 aromatic heterocycles. The van der Waals surface area contributed by atoms with Crippen LogP contribution in [0.25, 0.3) is 0 Å². The molecule has 0 spiro atoms. The minimum atomic E-state index is -0.500. The molecule has 1 aliphatic carbocycles. The number of anilines is 1. The maximum Gasteiger partial charge on any atom is 0.147 e. The van der Waals surface area contributed by atoms with Crippen molar-refractivity contribution < 1.29 is 13.2 Å². The fourth-order valence-electron chi connectivity index (χ4n) is 2.62. The van der Waals surface area contributed by atoms with E-state index in [4.69, 9.17) is 0 Å². The highest BCUT2D eigenvalue weighted by atomic mass is 79.9. The van der Waals surface area contributed by atoms with Crippen molar-refractivity contribution in [2.24, 2.45) is 0 Å². The quantitative estimate of drug-likeness (QED) is 0.743. The smallest absolute Gasteiger partial charge is 0.147 e. The van der Waals surface area contributed by atoms with E-state index >= 15 is 0 Å². The number of benzene rings is 2. The lowest BCUT2D eigenvalue weighted by Gasteiger charge is -2.37. The van der Waals surface area contributed by atoms with Gasteiger partial charge in [-0.15, -0.1) is 0 Å². The first-order valence-corrected chi connectivity index (χ1v) is 7.49. The molecule has 2 aromatic carbocycles. The fourth-order valence-corrected chi connectivity index (χ4v) is 2.94. The number of halogens is 4. The summed E-state index contributed by atoms with van der Waals surface area (Å²) in [6.45, 7) is 0. The Bertz CT molecular complexity index is 669. The van der Waals surface area contributed by atoms with Crippen LogP contribution in [0.5, 0.6) is 0 Å². The molecule has 1 nitrogen and oxygen atoms in total. The Balaban J connectivity index is 1.64. The van der Waals surface area contributed by atoms with Crippen LogP contribution in [0.15, 0.2) is 40.9 Å². The third-order valence-corrected chi connectivity index (χ3v) is 4.44. The summed E-state index contributed by atoms with van der Waals surface area (Å²) < 4.78 is 40.4. The first-order valence-electron chi connectivity index (χ1n) is 6.69. The highest BCUT2D eigenvalue weighted by molar-refractivity contribution is 9.10. The molecule has 0 unspecified atom stereocenters. The van der Waals surface area contributed by atoms with Gasteiger partial charge in [0.15, 0.2) is 0 Å². The zero-order valence-electron chi connectivity index (χ0n) is 11.0. The Labute approximate surface area is 129 Å². The van der Waals surface area contributed by atoms with Gasteiger partial charge in [0, 0.05) is 12.1 Å². The Morgan fingerprint density at radius 1 is 1.00 bits per heavy atom. The number of nitrogens with one attached hydrogen (secondary N) is 1. The molecule has 0 amide bonds. The van der Waals surface area contributed by atoms with Crippen LogP contribution in [0.4, 0.5) is 18.9 Å². The van der Waals surface area contributed by atoms with Gasteiger partial charge < -0.3 is 5.32 Å². The molecule has 1 aliphatic rings. The van der Waals surface area contributed by atoms with Crippen LogP contribution < -0.4 is 5.32 Å². The molecule has 1 saturated carbocycles. The second-order valence-electron chi connectivity index (χ2n) is 5.31. The van der Waals surface area contributed by atoms with E-state index in [1.807, 2.05) is 6.07 Å². The predicted molar refractivity (Wildman–Crippen MR) is 79.8 cm³/mol. The van der Waals surface area contributed by atoms with Gasteiger partial charge in [-0.3, -0.25) is 0 Å². The first kappa shape index (κ1) is 14.4. The maximum atomic E-state index is 13.7. The van der Waals surface area contributed by atoms with Crippen molar-refractivity contribution in [3.8, 4) is 0 Å². The summed E-state index contributed by atoms with van der Waals surface area (Å²) in [5, 5.41) is 3.00. The summed E-state index contributed by atoms with van der Waals surface area (Å²) in [5.74, 6) is -0.969. The average molecular weight is 356 g/mol. The molecule has 0 atom stereocenters. The van der Waals surface area contributed by atoms with E-state index in [1.54, 1.807) is 6.07 Å². The highest BCUT2D eigenvalue weighted by Crippen LogP contribution is 2.39. The van der Waals surface area contributed by atoms with Crippen LogP contribution in [-0.2, 0) is 0 Å². The third-order valence-electron chi connectivity index (χ3n) is 3.83. The Kier molecular flexibility index (Phi) is 3.93. The van der Waals surface area contributed by atoms with Gasteiger partial charge in [-0.2, -0.15) is 0 Å². The van der Waals surface area contributed by atoms with Crippen molar-refractivity contribution in [2.75, 3.05) is 5.32 Å². The van der Waals surface area contributed by atoms with Crippen LogP contribution in [0.2, 0.25) is 0 Å². The van der Waals surface area contributed by atoms with Crippen LogP contribution in [-0.4, -0.2) is 6.04 Å². The monoisotopic (exact) mass is 355 g/mol. The molecule has 3 rings (SSSR count). The topological polar surface area (TPSA) is 12.0 Å². The molecule has 0 bridgehead atoms. The van der Waals surface area contributed by atoms with Crippen molar-refractivity contribution in [3.63, 3.8) is 0 Å². The number of hydrogen-bond donors (Lipinski definition) is 1. The van der Waals surface area contributed by atoms with Gasteiger partial charge in [-0.25, -0.2) is 13.2 Å². The number of rotatable bonds is 3. The average Bonchev–Trinajstić information content (AvgIpc) is 2.39. The molecule has 0 radical (unpaired) electrons. The summed E-state index contributed by atoms with van der Waals surface area (Å²) in [7, 11) is 0. The van der Waals surface area contributed by atoms with Crippen molar-refractivity contribution in [1.29, 1.82) is 0 Å². The van der Waals surface area contributed by atoms with Crippen molar-refractivity contribution >= 4 is 21.6 Å². The zero-order valence-corrected chi connectivity index (χ0v) is 12.6. The second kappa shape index (κ2) is 5.72. The molecule has 0 saturated heterocycles. The Morgan fingerprint density at radius 3 is 2.48 bits per heavy atom. The van der Waals surface area contributed by atoms with Gasteiger partial charge in [-0.1, -0.05) is 12.1 Å². The molecular formula is C16H13BrF3N. The second-order valence-corrected chi connectivity index (χ2v) is 6.17. The van der Waals surface area contributed by atoms with E-state index in [9.17, 15) is 13.2 Å². The van der Waals surface area contributed by atoms with E-state index in [1.165, 1.54) is 12.1 Å². The van der Waals surface area contributed by atoms with E-state index in [2.05, 4.69) is 21.2 Å². The Hall–Kier alpha value is -1.49. The van der Waals surface area contributed by atoms with Gasteiger partial charge in [0.1, 0.15) is 17.5 Å². The molecule has 5 heteroatoms. The minimum absolute atomic E-state index is 0.0772. The lowest BCUT2D eigenvalue weighted by Crippen LogP contribution is -2.34. The lowest BCUT2D eigenvalue weighted by atomic mass is 9.76. The SMILES string of the molecule is Fc1cccc(C2CC(Nc3cc(F)c(Br)cc3F)C2)c1. The molecule has 21 heavy (non-hydrogen) atoms. The molecule has 0 heterocycles. The fraction of sp³-hybridized carbons (Fsp3) is 0.250. The largest absolute Gasteiger partial charge is 0.380 e. The van der Waals surface area contributed by atoms with Gasteiger partial charge >= 0.3 is 0 Å². The van der Waals surface area contributed by atoms with E-state index in [0.717, 1.165) is 30.5 Å². The first-order chi connectivity index (χ1) is 10.0. The molecule has 2 aromatic rings. The van der Waals surface area contributed by atoms with Crippen LogP contribution in [0, 0.1) is 17.5 Å². The van der Waals surface area contributed by atoms with Gasteiger partial charge in [-0.05, 0) is 58.5 Å². The van der Waals surface area contributed by atoms with Gasteiger partial charge in [0.05, 0.1) is 10.2 Å². The van der Waals surface area contributed by atoms with Gasteiger partial charge in [0.25, 0.3) is 0 Å². The number of hydrogen-bond acceptors (Lipinski definition) is 1. The highest BCUT2D eigenvalue weighted by Gasteiger charge is 2.31. The minimum Gasteiger partial charge on any atom is -0.380 e. The Morgan fingerprint density at radius 2 is 1.76 bits per heavy atom. The summed E-state index contributed by atoms with van der Waals surface area (Å²) in [6.07, 6.45) is 1.56. The maximum absolute atomic E-state index is 13.7. The van der Waals surface area contributed by atoms with Crippen molar-refractivity contribution in [1.82, 2.24) is 0 Å². The molecule has 0 aliphatic heterocycles. The van der Waals surface area contributed by atoms with Crippen LogP contribution >= 0.6 is 15.9 Å². The van der Waals surface area contributed by atoms with Crippen molar-refractivity contribution in [3.05, 3.63) is 63.9 Å². The standard InChI is InChI=1S/C16H13BrF3N/c17-13-7-15(20)16(8-14(13)19)21-12-5-10(6-12)9-2-1-3-11(18)4-9/h1-4,7-8,10,12,21H,5-6H2. The van der Waals surface area contributed by atoms with E-state index in [0.29, 0.717) is 0 Å². The predicted octanol–water partition coefficient (Wildman–Crippen LogP) is 5.22. The lowest BCUT2D eigenvalue weighted by molar-refractivity contribution is 0.371. The van der Waals surface area contributed by atoms with Crippen LogP contribution in [0.3, 0.4) is 0 Å². The summed E-state index contributed by atoms with van der Waals surface area (Å²) in [4.78, 5) is 0. The van der Waals surface area contributed by atoms with Crippen molar-refractivity contribution in [2.45, 2.75) is 24.8 Å². The normalized spacial score (nSPS) is 21.0. The molecule has 1 N–H and O–H groups in total.